The topological polar surface area (TPSA) is 55.1 Å². The van der Waals surface area contributed by atoms with E-state index in [4.69, 9.17) is 16.7 Å². The quantitative estimate of drug-likeness (QED) is 0.931. The highest BCUT2D eigenvalue weighted by Gasteiger charge is 2.16. The molecule has 0 unspecified atom stereocenters. The molecule has 2 rings (SSSR count). The molecule has 0 atom stereocenters. The van der Waals surface area contributed by atoms with Gasteiger partial charge in [0.05, 0.1) is 12.1 Å². The predicted molar refractivity (Wildman–Crippen MR) is 65.0 cm³/mol. The highest BCUT2D eigenvalue weighted by Crippen LogP contribution is 2.28. The van der Waals surface area contributed by atoms with Crippen molar-refractivity contribution >= 4 is 17.6 Å². The Labute approximate surface area is 108 Å². The number of halogens is 2. The van der Waals surface area contributed by atoms with Crippen molar-refractivity contribution < 1.29 is 14.3 Å². The lowest BCUT2D eigenvalue weighted by atomic mass is 10.0. The van der Waals surface area contributed by atoms with Gasteiger partial charge in [0, 0.05) is 29.4 Å². The summed E-state index contributed by atoms with van der Waals surface area (Å²) in [6.07, 6.45) is 1.31. The molecule has 1 aromatic carbocycles. The molecule has 1 aromatic heterocycles. The van der Waals surface area contributed by atoms with E-state index in [1.165, 1.54) is 22.9 Å². The van der Waals surface area contributed by atoms with Gasteiger partial charge in [-0.25, -0.2) is 4.39 Å². The molecule has 0 bridgehead atoms. The molecule has 1 heterocycles. The Morgan fingerprint density at radius 2 is 2.22 bits per heavy atom. The van der Waals surface area contributed by atoms with Crippen molar-refractivity contribution in [3.8, 4) is 11.1 Å². The van der Waals surface area contributed by atoms with Gasteiger partial charge >= 0.3 is 5.97 Å². The minimum absolute atomic E-state index is 0.256. The summed E-state index contributed by atoms with van der Waals surface area (Å²) in [5.41, 5.74) is 1.01. The Bertz CT molecular complexity index is 610. The predicted octanol–water partition coefficient (Wildman–Crippen LogP) is 2.51. The maximum atomic E-state index is 13.7. The second-order valence-corrected chi connectivity index (χ2v) is 4.29. The van der Waals surface area contributed by atoms with Gasteiger partial charge in [0.25, 0.3) is 0 Å². The Balaban J connectivity index is 2.55. The number of hydrogen-bond donors (Lipinski definition) is 1. The van der Waals surface area contributed by atoms with Crippen molar-refractivity contribution in [2.24, 2.45) is 7.05 Å². The van der Waals surface area contributed by atoms with E-state index in [-0.39, 0.29) is 12.0 Å². The molecule has 1 N–H and O–H groups in total. The van der Waals surface area contributed by atoms with Gasteiger partial charge in [-0.2, -0.15) is 5.10 Å². The second-order valence-electron chi connectivity index (χ2n) is 3.86. The van der Waals surface area contributed by atoms with Crippen LogP contribution in [0.2, 0.25) is 5.02 Å². The summed E-state index contributed by atoms with van der Waals surface area (Å²) < 4.78 is 15.2. The van der Waals surface area contributed by atoms with Crippen LogP contribution in [-0.2, 0) is 18.3 Å². The number of hydrogen-bond acceptors (Lipinski definition) is 2. The van der Waals surface area contributed by atoms with Crippen LogP contribution in [0.3, 0.4) is 0 Å². The fourth-order valence-corrected chi connectivity index (χ4v) is 1.91. The van der Waals surface area contributed by atoms with Gasteiger partial charge in [-0.15, -0.1) is 0 Å². The number of nitrogens with zero attached hydrogens (tertiary/aromatic N) is 2. The van der Waals surface area contributed by atoms with Crippen LogP contribution >= 0.6 is 11.6 Å². The highest BCUT2D eigenvalue weighted by atomic mass is 35.5. The monoisotopic (exact) mass is 268 g/mol. The zero-order chi connectivity index (χ0) is 13.3. The van der Waals surface area contributed by atoms with Crippen LogP contribution in [-0.4, -0.2) is 20.9 Å². The molecular formula is C12H10ClFN2O2. The van der Waals surface area contributed by atoms with Gasteiger partial charge in [-0.3, -0.25) is 9.48 Å². The average Bonchev–Trinajstić information content (AvgIpc) is 2.62. The Morgan fingerprint density at radius 3 is 2.89 bits per heavy atom. The number of rotatable bonds is 3. The number of aryl methyl sites for hydroxylation is 1. The van der Waals surface area contributed by atoms with Crippen molar-refractivity contribution in [1.29, 1.82) is 0 Å². The molecule has 4 nitrogen and oxygen atoms in total. The summed E-state index contributed by atoms with van der Waals surface area (Å²) >= 11 is 5.82. The molecule has 0 spiro atoms. The largest absolute Gasteiger partial charge is 0.481 e. The lowest BCUT2D eigenvalue weighted by molar-refractivity contribution is -0.136. The first-order chi connectivity index (χ1) is 8.47. The first-order valence-corrected chi connectivity index (χ1v) is 5.55. The van der Waals surface area contributed by atoms with Gasteiger partial charge in [0.2, 0.25) is 0 Å². The first-order valence-electron chi connectivity index (χ1n) is 5.17. The van der Waals surface area contributed by atoms with Crippen LogP contribution in [0.15, 0.2) is 24.4 Å². The van der Waals surface area contributed by atoms with Gasteiger partial charge in [0.1, 0.15) is 5.82 Å². The van der Waals surface area contributed by atoms with Crippen LogP contribution < -0.4 is 0 Å². The smallest absolute Gasteiger partial charge is 0.309 e. The maximum Gasteiger partial charge on any atom is 0.309 e. The lowest BCUT2D eigenvalue weighted by Gasteiger charge is -2.03. The van der Waals surface area contributed by atoms with Crippen molar-refractivity contribution in [3.05, 3.63) is 40.9 Å². The van der Waals surface area contributed by atoms with Crippen molar-refractivity contribution in [2.75, 3.05) is 0 Å². The first kappa shape index (κ1) is 12.6. The normalized spacial score (nSPS) is 10.6. The van der Waals surface area contributed by atoms with E-state index in [2.05, 4.69) is 5.10 Å². The molecule has 0 fully saturated rings. The lowest BCUT2D eigenvalue weighted by Crippen LogP contribution is -2.03. The average molecular weight is 269 g/mol. The van der Waals surface area contributed by atoms with E-state index in [0.717, 1.165) is 0 Å². The zero-order valence-electron chi connectivity index (χ0n) is 9.52. The molecular weight excluding hydrogens is 259 g/mol. The summed E-state index contributed by atoms with van der Waals surface area (Å²) in [7, 11) is 1.65. The van der Waals surface area contributed by atoms with Crippen LogP contribution in [0, 0.1) is 5.82 Å². The molecule has 0 saturated heterocycles. The van der Waals surface area contributed by atoms with Crippen LogP contribution in [0.4, 0.5) is 4.39 Å². The van der Waals surface area contributed by atoms with Gasteiger partial charge in [-0.1, -0.05) is 11.6 Å². The van der Waals surface area contributed by atoms with Gasteiger partial charge in [0.15, 0.2) is 0 Å². The highest BCUT2D eigenvalue weighted by molar-refractivity contribution is 6.30. The molecule has 0 amide bonds. The van der Waals surface area contributed by atoms with Crippen molar-refractivity contribution in [2.45, 2.75) is 6.42 Å². The summed E-state index contributed by atoms with van der Waals surface area (Å²) in [4.78, 5) is 10.7. The van der Waals surface area contributed by atoms with E-state index in [1.54, 1.807) is 13.2 Å². The molecule has 0 saturated carbocycles. The third-order valence-corrected chi connectivity index (χ3v) is 2.68. The van der Waals surface area contributed by atoms with E-state index < -0.39 is 11.8 Å². The summed E-state index contributed by atoms with van der Waals surface area (Å²) in [5, 5.41) is 13.2. The van der Waals surface area contributed by atoms with E-state index in [9.17, 15) is 9.18 Å². The van der Waals surface area contributed by atoms with Gasteiger partial charge < -0.3 is 5.11 Å². The Morgan fingerprint density at radius 1 is 1.50 bits per heavy atom. The Hall–Kier alpha value is -1.88. The number of carbonyl (C=O) groups is 1. The SMILES string of the molecule is Cn1cc(-c2cc(Cl)ccc2F)c(CC(=O)O)n1. The molecule has 0 aliphatic heterocycles. The number of aromatic nitrogens is 2. The molecule has 6 heteroatoms. The number of carboxylic acid groups (broad SMARTS) is 1. The van der Waals surface area contributed by atoms with Crippen LogP contribution in [0.5, 0.6) is 0 Å². The van der Waals surface area contributed by atoms with Crippen molar-refractivity contribution in [1.82, 2.24) is 9.78 Å². The van der Waals surface area contributed by atoms with E-state index in [0.29, 0.717) is 16.3 Å². The third kappa shape index (κ3) is 2.51. The van der Waals surface area contributed by atoms with Crippen molar-refractivity contribution in [3.63, 3.8) is 0 Å². The van der Waals surface area contributed by atoms with Crippen LogP contribution in [0.25, 0.3) is 11.1 Å². The number of benzene rings is 1. The van der Waals surface area contributed by atoms with E-state index in [1.807, 2.05) is 0 Å². The summed E-state index contributed by atoms with van der Waals surface area (Å²) in [5.74, 6) is -1.48. The maximum absolute atomic E-state index is 13.7. The number of carboxylic acids is 1. The summed E-state index contributed by atoms with van der Waals surface area (Å²) in [6.45, 7) is 0. The molecule has 0 aliphatic rings. The molecule has 2 aromatic rings. The third-order valence-electron chi connectivity index (χ3n) is 2.44. The zero-order valence-corrected chi connectivity index (χ0v) is 10.3. The molecule has 0 radical (unpaired) electrons. The minimum Gasteiger partial charge on any atom is -0.481 e. The molecule has 18 heavy (non-hydrogen) atoms. The molecule has 94 valence electrons. The summed E-state index contributed by atoms with van der Waals surface area (Å²) in [6, 6.07) is 4.14. The number of aliphatic carboxylic acids is 1. The minimum atomic E-state index is -1.02. The standard InChI is InChI=1S/C12H10ClFN2O2/c1-16-6-9(11(15-16)5-12(17)18)8-4-7(13)2-3-10(8)14/h2-4,6H,5H2,1H3,(H,17,18). The fourth-order valence-electron chi connectivity index (χ4n) is 1.74. The second kappa shape index (κ2) is 4.78. The fraction of sp³-hybridized carbons (Fsp3) is 0.167. The van der Waals surface area contributed by atoms with Gasteiger partial charge in [-0.05, 0) is 18.2 Å². The molecule has 0 aliphatic carbocycles. The van der Waals surface area contributed by atoms with E-state index >= 15 is 0 Å². The Kier molecular flexibility index (Phi) is 3.34. The van der Waals surface area contributed by atoms with Crippen LogP contribution in [0.1, 0.15) is 5.69 Å².